The quantitative estimate of drug-likeness (QED) is 0.765. The standard InChI is InChI=1S/C8H15Cl2N5/c1-3-8(5-9,6-10)11-4-7-12-14-15(2)13-7/h11H,3-6H2,1-2H3. The van der Waals surface area contributed by atoms with Crippen LogP contribution in [0.15, 0.2) is 0 Å². The highest BCUT2D eigenvalue weighted by atomic mass is 35.5. The van der Waals surface area contributed by atoms with Crippen molar-refractivity contribution in [2.24, 2.45) is 7.05 Å². The molecule has 0 aliphatic heterocycles. The monoisotopic (exact) mass is 251 g/mol. The van der Waals surface area contributed by atoms with Crippen LogP contribution in [0.1, 0.15) is 19.2 Å². The lowest BCUT2D eigenvalue weighted by Gasteiger charge is -2.28. The third kappa shape index (κ3) is 3.29. The van der Waals surface area contributed by atoms with E-state index in [0.717, 1.165) is 6.42 Å². The number of hydrogen-bond donors (Lipinski definition) is 1. The number of hydrogen-bond acceptors (Lipinski definition) is 4. The predicted octanol–water partition coefficient (Wildman–Crippen LogP) is 0.926. The molecule has 15 heavy (non-hydrogen) atoms. The van der Waals surface area contributed by atoms with E-state index in [2.05, 4.69) is 20.7 Å². The molecule has 1 heterocycles. The molecule has 0 aliphatic rings. The molecule has 0 spiro atoms. The minimum atomic E-state index is -0.248. The van der Waals surface area contributed by atoms with Gasteiger partial charge in [-0.3, -0.25) is 0 Å². The lowest BCUT2D eigenvalue weighted by Crippen LogP contribution is -2.48. The first kappa shape index (κ1) is 12.7. The maximum absolute atomic E-state index is 5.89. The second-order valence-electron chi connectivity index (χ2n) is 3.45. The fourth-order valence-electron chi connectivity index (χ4n) is 1.10. The molecule has 7 heteroatoms. The van der Waals surface area contributed by atoms with Crippen LogP contribution in [0, 0.1) is 0 Å². The fraction of sp³-hybridized carbons (Fsp3) is 0.875. The van der Waals surface area contributed by atoms with E-state index in [1.54, 1.807) is 7.05 Å². The number of aromatic nitrogens is 4. The zero-order chi connectivity index (χ0) is 11.3. The third-order valence-corrected chi connectivity index (χ3v) is 3.38. The molecule has 0 aliphatic carbocycles. The van der Waals surface area contributed by atoms with E-state index in [9.17, 15) is 0 Å². The largest absolute Gasteiger partial charge is 0.302 e. The number of nitrogens with zero attached hydrogens (tertiary/aromatic N) is 4. The number of tetrazole rings is 1. The Morgan fingerprint density at radius 3 is 2.47 bits per heavy atom. The van der Waals surface area contributed by atoms with Crippen LogP contribution in [-0.2, 0) is 13.6 Å². The van der Waals surface area contributed by atoms with E-state index in [0.29, 0.717) is 24.1 Å². The molecule has 0 radical (unpaired) electrons. The van der Waals surface area contributed by atoms with Gasteiger partial charge in [0.25, 0.3) is 0 Å². The highest BCUT2D eigenvalue weighted by molar-refractivity contribution is 6.22. The fourth-order valence-corrected chi connectivity index (χ4v) is 1.96. The highest BCUT2D eigenvalue weighted by Crippen LogP contribution is 2.15. The number of nitrogens with one attached hydrogen (secondary N) is 1. The number of alkyl halides is 2. The topological polar surface area (TPSA) is 55.6 Å². The SMILES string of the molecule is CCC(CCl)(CCl)NCc1nnn(C)n1. The van der Waals surface area contributed by atoms with Gasteiger partial charge < -0.3 is 5.32 Å². The van der Waals surface area contributed by atoms with E-state index >= 15 is 0 Å². The minimum absolute atomic E-state index is 0.248. The molecule has 1 N–H and O–H groups in total. The van der Waals surface area contributed by atoms with E-state index in [-0.39, 0.29) is 5.54 Å². The Balaban J connectivity index is 2.54. The summed E-state index contributed by atoms with van der Waals surface area (Å²) in [6.07, 6.45) is 0.861. The van der Waals surface area contributed by atoms with Gasteiger partial charge in [0.05, 0.1) is 13.6 Å². The summed E-state index contributed by atoms with van der Waals surface area (Å²) in [5.74, 6) is 1.58. The Hall–Kier alpha value is -0.390. The van der Waals surface area contributed by atoms with Crippen LogP contribution in [0.4, 0.5) is 0 Å². The zero-order valence-corrected chi connectivity index (χ0v) is 10.4. The van der Waals surface area contributed by atoms with Crippen molar-refractivity contribution in [1.29, 1.82) is 0 Å². The lowest BCUT2D eigenvalue weighted by atomic mass is 10.0. The van der Waals surface area contributed by atoms with Gasteiger partial charge >= 0.3 is 0 Å². The summed E-state index contributed by atoms with van der Waals surface area (Å²) in [5.41, 5.74) is -0.248. The van der Waals surface area contributed by atoms with Crippen LogP contribution >= 0.6 is 23.2 Å². The Bertz CT molecular complexity index is 289. The van der Waals surface area contributed by atoms with Crippen molar-refractivity contribution < 1.29 is 0 Å². The molecule has 1 rings (SSSR count). The van der Waals surface area contributed by atoms with Crippen LogP contribution in [0.2, 0.25) is 0 Å². The molecular formula is C8H15Cl2N5. The summed E-state index contributed by atoms with van der Waals surface area (Å²) in [7, 11) is 1.73. The lowest BCUT2D eigenvalue weighted by molar-refractivity contribution is 0.379. The number of aryl methyl sites for hydroxylation is 1. The Kier molecular flexibility index (Phi) is 4.76. The van der Waals surface area contributed by atoms with Gasteiger partial charge in [-0.1, -0.05) is 6.92 Å². The van der Waals surface area contributed by atoms with Crippen molar-refractivity contribution in [3.05, 3.63) is 5.82 Å². The molecule has 86 valence electrons. The molecule has 5 nitrogen and oxygen atoms in total. The van der Waals surface area contributed by atoms with Gasteiger partial charge in [-0.2, -0.15) is 4.80 Å². The first-order valence-corrected chi connectivity index (χ1v) is 5.82. The molecule has 0 saturated heterocycles. The van der Waals surface area contributed by atoms with E-state index in [1.165, 1.54) is 4.80 Å². The van der Waals surface area contributed by atoms with Gasteiger partial charge in [0.15, 0.2) is 5.82 Å². The molecule has 0 atom stereocenters. The van der Waals surface area contributed by atoms with Crippen molar-refractivity contribution in [2.45, 2.75) is 25.4 Å². The van der Waals surface area contributed by atoms with Crippen LogP contribution < -0.4 is 5.32 Å². The molecular weight excluding hydrogens is 237 g/mol. The van der Waals surface area contributed by atoms with Crippen molar-refractivity contribution in [3.8, 4) is 0 Å². The zero-order valence-electron chi connectivity index (χ0n) is 8.87. The van der Waals surface area contributed by atoms with Crippen molar-refractivity contribution in [1.82, 2.24) is 25.5 Å². The average Bonchev–Trinajstić information content (AvgIpc) is 2.67. The normalized spacial score (nSPS) is 12.0. The molecule has 0 saturated carbocycles. The van der Waals surface area contributed by atoms with E-state index in [1.807, 2.05) is 6.92 Å². The van der Waals surface area contributed by atoms with Gasteiger partial charge in [0.1, 0.15) is 0 Å². The predicted molar refractivity (Wildman–Crippen MR) is 60.1 cm³/mol. The molecule has 0 amide bonds. The Morgan fingerprint density at radius 2 is 2.07 bits per heavy atom. The third-order valence-electron chi connectivity index (χ3n) is 2.36. The Labute approximate surface area is 99.1 Å². The van der Waals surface area contributed by atoms with Crippen LogP contribution in [0.5, 0.6) is 0 Å². The van der Waals surface area contributed by atoms with E-state index < -0.39 is 0 Å². The molecule has 0 aromatic carbocycles. The summed E-state index contributed by atoms with van der Waals surface area (Å²) in [5, 5.41) is 15.0. The average molecular weight is 252 g/mol. The minimum Gasteiger partial charge on any atom is -0.302 e. The summed E-state index contributed by atoms with van der Waals surface area (Å²) >= 11 is 11.8. The summed E-state index contributed by atoms with van der Waals surface area (Å²) in [6.45, 7) is 2.57. The van der Waals surface area contributed by atoms with Gasteiger partial charge in [-0.05, 0) is 11.6 Å². The molecule has 1 aromatic heterocycles. The number of rotatable bonds is 6. The van der Waals surface area contributed by atoms with Gasteiger partial charge in [0, 0.05) is 17.3 Å². The second kappa shape index (κ2) is 5.63. The molecule has 1 aromatic rings. The van der Waals surface area contributed by atoms with Crippen molar-refractivity contribution in [2.75, 3.05) is 11.8 Å². The van der Waals surface area contributed by atoms with E-state index in [4.69, 9.17) is 23.2 Å². The maximum Gasteiger partial charge on any atom is 0.188 e. The molecule has 0 bridgehead atoms. The summed E-state index contributed by atoms with van der Waals surface area (Å²) in [4.78, 5) is 1.42. The van der Waals surface area contributed by atoms with Crippen molar-refractivity contribution in [3.63, 3.8) is 0 Å². The first-order chi connectivity index (χ1) is 7.15. The Morgan fingerprint density at radius 1 is 1.40 bits per heavy atom. The highest BCUT2D eigenvalue weighted by Gasteiger charge is 2.25. The van der Waals surface area contributed by atoms with Crippen LogP contribution in [0.25, 0.3) is 0 Å². The molecule has 0 unspecified atom stereocenters. The van der Waals surface area contributed by atoms with Crippen LogP contribution in [0.3, 0.4) is 0 Å². The second-order valence-corrected chi connectivity index (χ2v) is 3.98. The summed E-state index contributed by atoms with van der Waals surface area (Å²) < 4.78 is 0. The molecule has 0 fully saturated rings. The van der Waals surface area contributed by atoms with Gasteiger partial charge in [-0.15, -0.1) is 33.4 Å². The van der Waals surface area contributed by atoms with Crippen molar-refractivity contribution >= 4 is 23.2 Å². The smallest absolute Gasteiger partial charge is 0.188 e. The summed E-state index contributed by atoms with van der Waals surface area (Å²) in [6, 6.07) is 0. The van der Waals surface area contributed by atoms with Gasteiger partial charge in [0.2, 0.25) is 0 Å². The first-order valence-electron chi connectivity index (χ1n) is 4.75. The maximum atomic E-state index is 5.89. The van der Waals surface area contributed by atoms with Crippen LogP contribution in [-0.4, -0.2) is 37.5 Å². The number of halogens is 2. The van der Waals surface area contributed by atoms with Gasteiger partial charge in [-0.25, -0.2) is 0 Å².